The summed E-state index contributed by atoms with van der Waals surface area (Å²) in [4.78, 5) is 20.3. The molecule has 1 atom stereocenters. The first-order valence-corrected chi connectivity index (χ1v) is 11.6. The first-order chi connectivity index (χ1) is 16.0. The molecule has 0 saturated carbocycles. The van der Waals surface area contributed by atoms with Gasteiger partial charge < -0.3 is 14.7 Å². The van der Waals surface area contributed by atoms with Gasteiger partial charge in [0.05, 0.1) is 16.4 Å². The summed E-state index contributed by atoms with van der Waals surface area (Å²) >= 11 is 6.36. The Morgan fingerprint density at radius 1 is 0.939 bits per heavy atom. The number of benzene rings is 1. The van der Waals surface area contributed by atoms with Crippen molar-refractivity contribution in [2.45, 2.75) is 25.8 Å². The van der Waals surface area contributed by atoms with E-state index in [0.717, 1.165) is 63.1 Å². The van der Waals surface area contributed by atoms with Crippen LogP contribution in [0, 0.1) is 11.6 Å². The van der Waals surface area contributed by atoms with Gasteiger partial charge in [0.2, 0.25) is 5.95 Å². The summed E-state index contributed by atoms with van der Waals surface area (Å²) in [6.45, 7) is 6.23. The highest BCUT2D eigenvalue weighted by Gasteiger charge is 2.28. The van der Waals surface area contributed by atoms with Crippen LogP contribution in [0.25, 0.3) is 11.3 Å². The molecule has 4 heterocycles. The predicted molar refractivity (Wildman–Crippen MR) is 127 cm³/mol. The summed E-state index contributed by atoms with van der Waals surface area (Å²) in [6, 6.07) is 7.86. The number of piperazine rings is 1. The molecule has 1 aromatic carbocycles. The van der Waals surface area contributed by atoms with Gasteiger partial charge in [0, 0.05) is 62.8 Å². The lowest BCUT2D eigenvalue weighted by molar-refractivity contribution is 0.509. The highest BCUT2D eigenvalue weighted by atomic mass is 35.5. The normalized spacial score (nSPS) is 18.8. The third-order valence-electron chi connectivity index (χ3n) is 6.32. The molecule has 3 aromatic rings. The molecule has 2 aliphatic heterocycles. The molecule has 0 spiro atoms. The first kappa shape index (κ1) is 21.8. The second-order valence-corrected chi connectivity index (χ2v) is 8.96. The summed E-state index contributed by atoms with van der Waals surface area (Å²) in [5.41, 5.74) is 2.10. The Kier molecular flexibility index (Phi) is 6.01. The molecule has 0 aliphatic carbocycles. The number of aromatic nitrogens is 3. The van der Waals surface area contributed by atoms with E-state index in [0.29, 0.717) is 22.2 Å². The zero-order valence-corrected chi connectivity index (χ0v) is 19.1. The number of anilines is 3. The van der Waals surface area contributed by atoms with E-state index in [-0.39, 0.29) is 6.04 Å². The fourth-order valence-electron chi connectivity index (χ4n) is 4.57. The molecular formula is C24H25ClF2N6. The molecule has 2 fully saturated rings. The molecule has 1 unspecified atom stereocenters. The predicted octanol–water partition coefficient (Wildman–Crippen LogP) is 4.79. The van der Waals surface area contributed by atoms with Gasteiger partial charge in [-0.25, -0.2) is 13.8 Å². The zero-order chi connectivity index (χ0) is 22.9. The van der Waals surface area contributed by atoms with E-state index in [9.17, 15) is 8.78 Å². The largest absolute Gasteiger partial charge is 0.366 e. The molecule has 6 nitrogen and oxygen atoms in total. The van der Waals surface area contributed by atoms with Gasteiger partial charge in [0.25, 0.3) is 0 Å². The fourth-order valence-corrected chi connectivity index (χ4v) is 4.81. The topological polar surface area (TPSA) is 48.4 Å². The molecule has 0 N–H and O–H groups in total. The van der Waals surface area contributed by atoms with Crippen LogP contribution in [0.4, 0.5) is 26.2 Å². The Morgan fingerprint density at radius 2 is 1.76 bits per heavy atom. The van der Waals surface area contributed by atoms with E-state index in [1.54, 1.807) is 18.5 Å². The van der Waals surface area contributed by atoms with Crippen molar-refractivity contribution in [3.05, 3.63) is 59.4 Å². The Bertz CT molecular complexity index is 1150. The fraction of sp³-hybridized carbons (Fsp3) is 0.375. The monoisotopic (exact) mass is 470 g/mol. The van der Waals surface area contributed by atoms with E-state index in [1.165, 1.54) is 6.07 Å². The van der Waals surface area contributed by atoms with Gasteiger partial charge >= 0.3 is 0 Å². The van der Waals surface area contributed by atoms with Gasteiger partial charge in [-0.2, -0.15) is 4.98 Å². The minimum absolute atomic E-state index is 0.155. The van der Waals surface area contributed by atoms with E-state index < -0.39 is 11.6 Å². The summed E-state index contributed by atoms with van der Waals surface area (Å²) in [5, 5.41) is 0.636. The van der Waals surface area contributed by atoms with Gasteiger partial charge in [-0.05, 0) is 44.0 Å². The van der Waals surface area contributed by atoms with E-state index in [1.807, 2.05) is 12.1 Å². The van der Waals surface area contributed by atoms with Crippen LogP contribution in [0.1, 0.15) is 19.8 Å². The Morgan fingerprint density at radius 3 is 2.48 bits per heavy atom. The molecule has 0 radical (unpaired) electrons. The molecule has 0 amide bonds. The van der Waals surface area contributed by atoms with Crippen LogP contribution in [0.3, 0.4) is 0 Å². The van der Waals surface area contributed by atoms with Crippen LogP contribution < -0.4 is 14.7 Å². The zero-order valence-electron chi connectivity index (χ0n) is 18.4. The second kappa shape index (κ2) is 9.09. The molecule has 5 rings (SSSR count). The SMILES string of the molecule is CC1CN(c2ccncc2Cl)CCN1c1cc(-c2ccc(F)c(F)c2)nc(N2CCCC2)n1. The number of halogens is 3. The van der Waals surface area contributed by atoms with Crippen LogP contribution in [0.5, 0.6) is 0 Å². The number of hydrogen-bond acceptors (Lipinski definition) is 6. The molecule has 9 heteroatoms. The average molecular weight is 471 g/mol. The Balaban J connectivity index is 1.47. The molecule has 0 bridgehead atoms. The van der Waals surface area contributed by atoms with Crippen LogP contribution in [-0.4, -0.2) is 53.7 Å². The number of rotatable bonds is 4. The van der Waals surface area contributed by atoms with Crippen molar-refractivity contribution in [2.24, 2.45) is 0 Å². The van der Waals surface area contributed by atoms with Gasteiger partial charge in [-0.1, -0.05) is 11.6 Å². The molecule has 2 aromatic heterocycles. The van der Waals surface area contributed by atoms with Crippen molar-refractivity contribution in [3.63, 3.8) is 0 Å². The quantitative estimate of drug-likeness (QED) is 0.546. The van der Waals surface area contributed by atoms with Crippen molar-refractivity contribution in [1.82, 2.24) is 15.0 Å². The van der Waals surface area contributed by atoms with Gasteiger partial charge in [0.1, 0.15) is 5.82 Å². The minimum atomic E-state index is -0.883. The summed E-state index contributed by atoms with van der Waals surface area (Å²) < 4.78 is 27.5. The summed E-state index contributed by atoms with van der Waals surface area (Å²) in [6.07, 6.45) is 5.60. The number of pyridine rings is 1. The van der Waals surface area contributed by atoms with Crippen molar-refractivity contribution in [2.75, 3.05) is 47.4 Å². The Labute approximate surface area is 196 Å². The maximum atomic E-state index is 14.0. The van der Waals surface area contributed by atoms with Crippen LogP contribution >= 0.6 is 11.6 Å². The number of nitrogens with zero attached hydrogens (tertiary/aromatic N) is 6. The van der Waals surface area contributed by atoms with Crippen LogP contribution in [0.2, 0.25) is 5.02 Å². The van der Waals surface area contributed by atoms with Crippen molar-refractivity contribution >= 4 is 29.1 Å². The van der Waals surface area contributed by atoms with Gasteiger partial charge in [-0.15, -0.1) is 0 Å². The molecule has 172 valence electrons. The van der Waals surface area contributed by atoms with E-state index >= 15 is 0 Å². The summed E-state index contributed by atoms with van der Waals surface area (Å²) in [5.74, 6) is -0.324. The molecule has 2 aliphatic rings. The third kappa shape index (κ3) is 4.44. The molecule has 2 saturated heterocycles. The lowest BCUT2D eigenvalue weighted by atomic mass is 10.1. The second-order valence-electron chi connectivity index (χ2n) is 8.55. The standard InChI is InChI=1S/C24H25ClF2N6/c1-16-15-32(22-6-7-28-14-18(22)25)10-11-33(16)23-13-21(17-4-5-19(26)20(27)12-17)29-24(30-23)31-8-2-3-9-31/h4-7,12-14,16H,2-3,8-11,15H2,1H3. The van der Waals surface area contributed by atoms with Crippen molar-refractivity contribution < 1.29 is 8.78 Å². The average Bonchev–Trinajstić information content (AvgIpc) is 3.36. The Hall–Kier alpha value is -3.00. The highest BCUT2D eigenvalue weighted by molar-refractivity contribution is 6.33. The lowest BCUT2D eigenvalue weighted by Gasteiger charge is -2.42. The maximum absolute atomic E-state index is 14.0. The summed E-state index contributed by atoms with van der Waals surface area (Å²) in [7, 11) is 0. The third-order valence-corrected chi connectivity index (χ3v) is 6.61. The van der Waals surface area contributed by atoms with E-state index in [4.69, 9.17) is 21.6 Å². The van der Waals surface area contributed by atoms with E-state index in [2.05, 4.69) is 26.6 Å². The molecular weight excluding hydrogens is 446 g/mol. The van der Waals surface area contributed by atoms with Gasteiger partial charge in [-0.3, -0.25) is 4.98 Å². The lowest BCUT2D eigenvalue weighted by Crippen LogP contribution is -2.52. The van der Waals surface area contributed by atoms with Crippen molar-refractivity contribution in [3.8, 4) is 11.3 Å². The van der Waals surface area contributed by atoms with Crippen LogP contribution in [-0.2, 0) is 0 Å². The van der Waals surface area contributed by atoms with Crippen LogP contribution in [0.15, 0.2) is 42.7 Å². The highest BCUT2D eigenvalue weighted by Crippen LogP contribution is 2.31. The maximum Gasteiger partial charge on any atom is 0.227 e. The molecule has 33 heavy (non-hydrogen) atoms. The van der Waals surface area contributed by atoms with Crippen molar-refractivity contribution in [1.29, 1.82) is 0 Å². The minimum Gasteiger partial charge on any atom is -0.366 e. The smallest absolute Gasteiger partial charge is 0.227 e. The van der Waals surface area contributed by atoms with Gasteiger partial charge in [0.15, 0.2) is 11.6 Å². The first-order valence-electron chi connectivity index (χ1n) is 11.2. The number of hydrogen-bond donors (Lipinski definition) is 0.